The highest BCUT2D eigenvalue weighted by molar-refractivity contribution is 7.98. The first-order chi connectivity index (χ1) is 14.1. The molecule has 0 aliphatic rings. The van der Waals surface area contributed by atoms with E-state index in [1.807, 2.05) is 46.3 Å². The highest BCUT2D eigenvalue weighted by Crippen LogP contribution is 2.28. The molecule has 0 saturated carbocycles. The molecule has 0 amide bonds. The number of benzene rings is 2. The number of ether oxygens (including phenoxy) is 1. The summed E-state index contributed by atoms with van der Waals surface area (Å²) in [5.74, 6) is 0.312. The molecule has 9 heteroatoms. The fourth-order valence-electron chi connectivity index (χ4n) is 2.64. The molecule has 0 saturated heterocycles. The first-order valence-electron chi connectivity index (χ1n) is 8.56. The molecule has 0 spiro atoms. The van der Waals surface area contributed by atoms with Gasteiger partial charge in [0.05, 0.1) is 24.1 Å². The summed E-state index contributed by atoms with van der Waals surface area (Å²) in [5.41, 5.74) is 3.34. The van der Waals surface area contributed by atoms with Gasteiger partial charge < -0.3 is 4.74 Å². The standard InChI is InChI=1S/C20H15ClN4O2S2/c1-27-19(26)14-7-5-13(6-8-14)18-23-16(10-28-18)11-29-20-24-22-12-25(20)17-4-2-3-15(21)9-17/h2-10,12H,11H2,1H3. The molecule has 4 rings (SSSR count). The lowest BCUT2D eigenvalue weighted by Gasteiger charge is -2.05. The Hall–Kier alpha value is -2.68. The largest absolute Gasteiger partial charge is 0.465 e. The first kappa shape index (κ1) is 19.6. The fraction of sp³-hybridized carbons (Fsp3) is 0.100. The predicted molar refractivity (Wildman–Crippen MR) is 115 cm³/mol. The van der Waals surface area contributed by atoms with Crippen LogP contribution >= 0.6 is 34.7 Å². The Kier molecular flexibility index (Phi) is 5.94. The summed E-state index contributed by atoms with van der Waals surface area (Å²) >= 11 is 9.20. The SMILES string of the molecule is COC(=O)c1ccc(-c2nc(CSc3nncn3-c3cccc(Cl)c3)cs2)cc1. The van der Waals surface area contributed by atoms with Crippen LogP contribution in [0.15, 0.2) is 65.4 Å². The lowest BCUT2D eigenvalue weighted by molar-refractivity contribution is 0.0601. The average molecular weight is 443 g/mol. The summed E-state index contributed by atoms with van der Waals surface area (Å²) in [4.78, 5) is 16.2. The smallest absolute Gasteiger partial charge is 0.337 e. The second kappa shape index (κ2) is 8.77. The molecule has 0 aliphatic carbocycles. The molecule has 0 aliphatic heterocycles. The lowest BCUT2D eigenvalue weighted by Crippen LogP contribution is -2.00. The zero-order valence-electron chi connectivity index (χ0n) is 15.3. The molecule has 4 aromatic rings. The van der Waals surface area contributed by atoms with Gasteiger partial charge in [-0.05, 0) is 30.3 Å². The zero-order chi connectivity index (χ0) is 20.2. The van der Waals surface area contributed by atoms with Gasteiger partial charge in [-0.3, -0.25) is 4.57 Å². The van der Waals surface area contributed by atoms with Gasteiger partial charge in [-0.2, -0.15) is 0 Å². The zero-order valence-corrected chi connectivity index (χ0v) is 17.7. The Morgan fingerprint density at radius 1 is 1.24 bits per heavy atom. The third-order valence-corrected chi connectivity index (χ3v) is 6.21. The summed E-state index contributed by atoms with van der Waals surface area (Å²) < 4.78 is 6.62. The third-order valence-electron chi connectivity index (χ3n) is 4.06. The molecule has 2 heterocycles. The van der Waals surface area contributed by atoms with Gasteiger partial charge in [-0.15, -0.1) is 21.5 Å². The van der Waals surface area contributed by atoms with Crippen LogP contribution < -0.4 is 0 Å². The number of hydrogen-bond donors (Lipinski definition) is 0. The number of carbonyl (C=O) groups is 1. The van der Waals surface area contributed by atoms with Crippen LogP contribution in [0.1, 0.15) is 16.1 Å². The second-order valence-corrected chi connectivity index (χ2v) is 8.20. The van der Waals surface area contributed by atoms with E-state index < -0.39 is 0 Å². The molecule has 0 fully saturated rings. The summed E-state index contributed by atoms with van der Waals surface area (Å²) in [6.07, 6.45) is 1.67. The molecule has 2 aromatic heterocycles. The lowest BCUT2D eigenvalue weighted by atomic mass is 10.1. The van der Waals surface area contributed by atoms with E-state index in [1.54, 1.807) is 41.6 Å². The minimum absolute atomic E-state index is 0.350. The maximum atomic E-state index is 11.6. The van der Waals surface area contributed by atoms with E-state index in [1.165, 1.54) is 7.11 Å². The van der Waals surface area contributed by atoms with Crippen LogP contribution in [0.4, 0.5) is 0 Å². The number of thiazole rings is 1. The van der Waals surface area contributed by atoms with E-state index in [0.29, 0.717) is 16.3 Å². The number of thioether (sulfide) groups is 1. The van der Waals surface area contributed by atoms with Crippen molar-refractivity contribution < 1.29 is 9.53 Å². The van der Waals surface area contributed by atoms with Crippen LogP contribution in [0.5, 0.6) is 0 Å². The highest BCUT2D eigenvalue weighted by Gasteiger charge is 2.11. The molecule has 2 aromatic carbocycles. The molecule has 0 radical (unpaired) electrons. The van der Waals surface area contributed by atoms with E-state index in [0.717, 1.165) is 27.1 Å². The van der Waals surface area contributed by atoms with E-state index in [-0.39, 0.29) is 5.97 Å². The Labute approximate surface area is 180 Å². The third kappa shape index (κ3) is 4.50. The summed E-state index contributed by atoms with van der Waals surface area (Å²) in [6, 6.07) is 14.8. The molecule has 0 atom stereocenters. The van der Waals surface area contributed by atoms with Gasteiger partial charge in [0.1, 0.15) is 11.3 Å². The quantitative estimate of drug-likeness (QED) is 0.305. The van der Waals surface area contributed by atoms with Gasteiger partial charge in [0.2, 0.25) is 0 Å². The Bertz CT molecular complexity index is 1140. The van der Waals surface area contributed by atoms with Gasteiger partial charge in [-0.1, -0.05) is 41.6 Å². The number of carbonyl (C=O) groups excluding carboxylic acids is 1. The van der Waals surface area contributed by atoms with Crippen molar-refractivity contribution in [2.45, 2.75) is 10.9 Å². The van der Waals surface area contributed by atoms with Crippen molar-refractivity contribution in [3.8, 4) is 16.3 Å². The first-order valence-corrected chi connectivity index (χ1v) is 10.8. The van der Waals surface area contributed by atoms with Gasteiger partial charge in [-0.25, -0.2) is 9.78 Å². The molecular weight excluding hydrogens is 428 g/mol. The van der Waals surface area contributed by atoms with Gasteiger partial charge in [0, 0.05) is 21.7 Å². The number of methoxy groups -OCH3 is 1. The molecule has 6 nitrogen and oxygen atoms in total. The van der Waals surface area contributed by atoms with E-state index >= 15 is 0 Å². The van der Waals surface area contributed by atoms with Gasteiger partial charge in [0.15, 0.2) is 5.16 Å². The van der Waals surface area contributed by atoms with Gasteiger partial charge >= 0.3 is 5.97 Å². The summed E-state index contributed by atoms with van der Waals surface area (Å²) in [6.45, 7) is 0. The van der Waals surface area contributed by atoms with Crippen LogP contribution in [-0.2, 0) is 10.5 Å². The molecule has 29 heavy (non-hydrogen) atoms. The topological polar surface area (TPSA) is 69.9 Å². The van der Waals surface area contributed by atoms with Gasteiger partial charge in [0.25, 0.3) is 0 Å². The van der Waals surface area contributed by atoms with Crippen LogP contribution in [0.2, 0.25) is 5.02 Å². The van der Waals surface area contributed by atoms with Crippen LogP contribution in [0.25, 0.3) is 16.3 Å². The van der Waals surface area contributed by atoms with Crippen LogP contribution in [-0.4, -0.2) is 32.8 Å². The Balaban J connectivity index is 1.46. The van der Waals surface area contributed by atoms with Crippen LogP contribution in [0, 0.1) is 0 Å². The van der Waals surface area contributed by atoms with Crippen molar-refractivity contribution in [2.24, 2.45) is 0 Å². The molecule has 146 valence electrons. The molecule has 0 bridgehead atoms. The second-order valence-electron chi connectivity index (χ2n) is 5.96. The average Bonchev–Trinajstić information content (AvgIpc) is 3.41. The number of rotatable bonds is 6. The molecule has 0 unspecified atom stereocenters. The number of hydrogen-bond acceptors (Lipinski definition) is 7. The Morgan fingerprint density at radius 2 is 2.07 bits per heavy atom. The summed E-state index contributed by atoms with van der Waals surface area (Å²) in [5, 5.41) is 12.6. The Morgan fingerprint density at radius 3 is 2.83 bits per heavy atom. The molecule has 0 N–H and O–H groups in total. The minimum atomic E-state index is -0.350. The van der Waals surface area contributed by atoms with E-state index in [4.69, 9.17) is 21.3 Å². The van der Waals surface area contributed by atoms with Crippen molar-refractivity contribution in [1.29, 1.82) is 0 Å². The van der Waals surface area contributed by atoms with Crippen molar-refractivity contribution in [2.75, 3.05) is 7.11 Å². The number of nitrogens with zero attached hydrogens (tertiary/aromatic N) is 4. The number of esters is 1. The van der Waals surface area contributed by atoms with Crippen molar-refractivity contribution >= 4 is 40.7 Å². The van der Waals surface area contributed by atoms with Crippen molar-refractivity contribution in [1.82, 2.24) is 19.7 Å². The van der Waals surface area contributed by atoms with Crippen molar-refractivity contribution in [3.05, 3.63) is 76.5 Å². The molecular formula is C20H15ClN4O2S2. The number of halogens is 1. The predicted octanol–water partition coefficient (Wildman–Crippen LogP) is 5.12. The van der Waals surface area contributed by atoms with E-state index in [9.17, 15) is 4.79 Å². The normalized spacial score (nSPS) is 10.8. The fourth-order valence-corrected chi connectivity index (χ4v) is 4.57. The van der Waals surface area contributed by atoms with Crippen molar-refractivity contribution in [3.63, 3.8) is 0 Å². The van der Waals surface area contributed by atoms with Crippen LogP contribution in [0.3, 0.4) is 0 Å². The van der Waals surface area contributed by atoms with E-state index in [2.05, 4.69) is 10.2 Å². The monoisotopic (exact) mass is 442 g/mol. The number of aromatic nitrogens is 4. The summed E-state index contributed by atoms with van der Waals surface area (Å²) in [7, 11) is 1.37. The highest BCUT2D eigenvalue weighted by atomic mass is 35.5. The maximum Gasteiger partial charge on any atom is 0.337 e. The maximum absolute atomic E-state index is 11.6. The minimum Gasteiger partial charge on any atom is -0.465 e.